The summed E-state index contributed by atoms with van der Waals surface area (Å²) in [5, 5.41) is 0. The molecule has 2 unspecified atom stereocenters. The van der Waals surface area contributed by atoms with Crippen LogP contribution in [0.3, 0.4) is 0 Å². The van der Waals surface area contributed by atoms with E-state index in [9.17, 15) is 22.8 Å². The summed E-state index contributed by atoms with van der Waals surface area (Å²) in [4.78, 5) is 43.8. The highest BCUT2D eigenvalue weighted by Gasteiger charge is 2.36. The van der Waals surface area contributed by atoms with Crippen molar-refractivity contribution >= 4 is 22.2 Å². The van der Waals surface area contributed by atoms with Crippen LogP contribution in [0.5, 0.6) is 5.75 Å². The Morgan fingerprint density at radius 2 is 1.84 bits per heavy atom. The predicted octanol–water partition coefficient (Wildman–Crippen LogP) is 2.02. The van der Waals surface area contributed by atoms with E-state index in [1.165, 1.54) is 16.5 Å². The molecule has 1 aliphatic rings. The summed E-state index contributed by atoms with van der Waals surface area (Å²) in [6.07, 6.45) is 1.82. The monoisotopic (exact) mass is 459 g/mol. The Labute approximate surface area is 181 Å². The summed E-state index contributed by atoms with van der Waals surface area (Å²) in [5.74, 6) is -1.63. The third-order valence-corrected chi connectivity index (χ3v) is 5.17. The first-order valence-corrected chi connectivity index (χ1v) is 11.6. The molecule has 1 aromatic heterocycles. The number of fused-ring (bicyclic) bond motifs is 1. The van der Waals surface area contributed by atoms with Crippen molar-refractivity contribution in [1.82, 2.24) is 14.5 Å². The zero-order valence-electron chi connectivity index (χ0n) is 18.8. The normalized spacial score (nSPS) is 19.1. The van der Waals surface area contributed by atoms with Crippen LogP contribution in [0.15, 0.2) is 4.79 Å². The molecule has 0 aliphatic carbocycles. The zero-order valence-corrected chi connectivity index (χ0v) is 19.6. The number of carbonyl (C=O) groups is 2. The Hall–Kier alpha value is -2.63. The summed E-state index contributed by atoms with van der Waals surface area (Å²) in [5.41, 5.74) is -2.14. The molecule has 0 saturated heterocycles. The second kappa shape index (κ2) is 8.85. The van der Waals surface area contributed by atoms with Gasteiger partial charge in [-0.15, -0.1) is 0 Å². The molecule has 2 atom stereocenters. The van der Waals surface area contributed by atoms with Gasteiger partial charge < -0.3 is 18.6 Å². The summed E-state index contributed by atoms with van der Waals surface area (Å²) in [6, 6.07) is -1.07. The number of hydrogen-bond donors (Lipinski definition) is 0. The van der Waals surface area contributed by atoms with Crippen molar-refractivity contribution in [3.63, 3.8) is 0 Å². The van der Waals surface area contributed by atoms with E-state index in [0.717, 1.165) is 13.4 Å². The lowest BCUT2D eigenvalue weighted by atomic mass is 10.1. The number of esters is 1. The summed E-state index contributed by atoms with van der Waals surface area (Å²) in [7, 11) is -1.53. The van der Waals surface area contributed by atoms with Crippen LogP contribution in [0.25, 0.3) is 0 Å². The van der Waals surface area contributed by atoms with Crippen molar-refractivity contribution in [2.45, 2.75) is 64.6 Å². The van der Waals surface area contributed by atoms with Gasteiger partial charge >= 0.3 is 22.2 Å². The molecule has 12 heteroatoms. The second-order valence-electron chi connectivity index (χ2n) is 8.49. The third kappa shape index (κ3) is 5.75. The van der Waals surface area contributed by atoms with Crippen molar-refractivity contribution in [3.8, 4) is 5.75 Å². The van der Waals surface area contributed by atoms with E-state index in [4.69, 9.17) is 8.92 Å². The van der Waals surface area contributed by atoms with Gasteiger partial charge in [0.25, 0.3) is 5.56 Å². The van der Waals surface area contributed by atoms with Gasteiger partial charge in [-0.05, 0) is 47.0 Å². The first-order valence-electron chi connectivity index (χ1n) is 9.76. The first-order chi connectivity index (χ1) is 14.2. The van der Waals surface area contributed by atoms with Gasteiger partial charge in [-0.25, -0.2) is 14.6 Å². The van der Waals surface area contributed by atoms with Gasteiger partial charge in [0.15, 0.2) is 5.69 Å². The summed E-state index contributed by atoms with van der Waals surface area (Å²) >= 11 is 0. The predicted molar refractivity (Wildman–Crippen MR) is 111 cm³/mol. The number of aromatic nitrogens is 2. The molecule has 0 saturated carbocycles. The van der Waals surface area contributed by atoms with Crippen LogP contribution in [-0.4, -0.2) is 60.9 Å². The molecule has 174 valence electrons. The van der Waals surface area contributed by atoms with Gasteiger partial charge in [-0.2, -0.15) is 8.42 Å². The average molecular weight is 460 g/mol. The number of nitrogens with zero attached hydrogens (tertiary/aromatic N) is 3. The van der Waals surface area contributed by atoms with Crippen LogP contribution >= 0.6 is 0 Å². The smallest absolute Gasteiger partial charge is 0.410 e. The molecule has 0 N–H and O–H groups in total. The third-order valence-electron chi connectivity index (χ3n) is 4.70. The van der Waals surface area contributed by atoms with Crippen LogP contribution in [0.2, 0.25) is 0 Å². The van der Waals surface area contributed by atoms with Gasteiger partial charge in [-0.3, -0.25) is 9.36 Å². The van der Waals surface area contributed by atoms with E-state index in [2.05, 4.69) is 9.72 Å². The van der Waals surface area contributed by atoms with Crippen molar-refractivity contribution in [2.75, 3.05) is 20.4 Å². The molecule has 0 aromatic carbocycles. The molecule has 0 fully saturated rings. The van der Waals surface area contributed by atoms with Gasteiger partial charge in [0.05, 0.1) is 19.4 Å². The summed E-state index contributed by atoms with van der Waals surface area (Å²) < 4.78 is 39.6. The summed E-state index contributed by atoms with van der Waals surface area (Å²) in [6.45, 7) is 6.96. The van der Waals surface area contributed by atoms with Crippen molar-refractivity contribution < 1.29 is 31.7 Å². The number of amides is 1. The number of carbonyl (C=O) groups excluding carboxylic acids is 2. The molecule has 1 aliphatic heterocycles. The second-order valence-corrected chi connectivity index (χ2v) is 10.1. The highest BCUT2D eigenvalue weighted by molar-refractivity contribution is 7.86. The lowest BCUT2D eigenvalue weighted by molar-refractivity contribution is 0.0202. The van der Waals surface area contributed by atoms with Crippen molar-refractivity contribution in [1.29, 1.82) is 0 Å². The number of methoxy groups -OCH3 is 1. The Morgan fingerprint density at radius 1 is 1.23 bits per heavy atom. The van der Waals surface area contributed by atoms with E-state index in [0.29, 0.717) is 19.3 Å². The fraction of sp³-hybridized carbons (Fsp3) is 0.684. The molecule has 2 heterocycles. The molecule has 0 bridgehead atoms. The number of hydrogen-bond acceptors (Lipinski definition) is 9. The Balaban J connectivity index is 2.73. The van der Waals surface area contributed by atoms with Gasteiger partial charge in [0, 0.05) is 13.1 Å². The van der Waals surface area contributed by atoms with Gasteiger partial charge in [0.1, 0.15) is 11.4 Å². The molecule has 11 nitrogen and oxygen atoms in total. The van der Waals surface area contributed by atoms with Crippen molar-refractivity contribution in [3.05, 3.63) is 21.9 Å². The van der Waals surface area contributed by atoms with Crippen LogP contribution in [-0.2, 0) is 19.6 Å². The maximum atomic E-state index is 13.3. The van der Waals surface area contributed by atoms with E-state index >= 15 is 0 Å². The highest BCUT2D eigenvalue weighted by Crippen LogP contribution is 2.33. The van der Waals surface area contributed by atoms with Crippen LogP contribution in [0, 0.1) is 0 Å². The average Bonchev–Trinajstić information content (AvgIpc) is 2.79. The van der Waals surface area contributed by atoms with Crippen LogP contribution in [0.4, 0.5) is 4.79 Å². The van der Waals surface area contributed by atoms with Crippen molar-refractivity contribution in [2.24, 2.45) is 0 Å². The van der Waals surface area contributed by atoms with E-state index < -0.39 is 50.8 Å². The lowest BCUT2D eigenvalue weighted by Gasteiger charge is -2.31. The fourth-order valence-corrected chi connectivity index (χ4v) is 3.80. The molecule has 0 spiro atoms. The van der Waals surface area contributed by atoms with Crippen LogP contribution in [0.1, 0.15) is 75.4 Å². The largest absolute Gasteiger partial charge is 0.464 e. The SMILES string of the molecule is COC(=O)c1nc2n(c(=O)c1OS(C)(=O)=O)C(C)CCCC2N(C)C(=O)OC(C)(C)C. The molecule has 1 aromatic rings. The molecular weight excluding hydrogens is 430 g/mol. The standard InChI is InChI=1S/C19H29N3O8S/c1-11-9-8-10-12(21(5)18(25)29-19(2,3)4)15-20-13(17(24)28-6)14(16(23)22(11)15)30-31(7,26)27/h11-12H,8-10H2,1-7H3. The van der Waals surface area contributed by atoms with Crippen LogP contribution < -0.4 is 9.74 Å². The van der Waals surface area contributed by atoms with E-state index in [1.54, 1.807) is 27.7 Å². The van der Waals surface area contributed by atoms with E-state index in [-0.39, 0.29) is 11.9 Å². The van der Waals surface area contributed by atoms with E-state index in [1.807, 2.05) is 0 Å². The minimum atomic E-state index is -4.13. The topological polar surface area (TPSA) is 134 Å². The fourth-order valence-electron chi connectivity index (χ4n) is 3.35. The molecule has 2 rings (SSSR count). The van der Waals surface area contributed by atoms with Gasteiger partial charge in [-0.1, -0.05) is 0 Å². The molecule has 31 heavy (non-hydrogen) atoms. The van der Waals surface area contributed by atoms with Gasteiger partial charge in [0.2, 0.25) is 5.75 Å². The maximum Gasteiger partial charge on any atom is 0.410 e. The Bertz CT molecular complexity index is 1030. The first kappa shape index (κ1) is 24.6. The number of rotatable bonds is 4. The Morgan fingerprint density at radius 3 is 2.35 bits per heavy atom. The maximum absolute atomic E-state index is 13.3. The molecule has 1 amide bonds. The molecular formula is C19H29N3O8S. The highest BCUT2D eigenvalue weighted by atomic mass is 32.2. The minimum Gasteiger partial charge on any atom is -0.464 e. The Kier molecular flexibility index (Phi) is 7.03. The zero-order chi connectivity index (χ0) is 23.7. The number of ether oxygens (including phenoxy) is 2. The lowest BCUT2D eigenvalue weighted by Crippen LogP contribution is -2.40. The minimum absolute atomic E-state index is 0.129. The quantitative estimate of drug-likeness (QED) is 0.489. The molecule has 0 radical (unpaired) electrons.